The van der Waals surface area contributed by atoms with Gasteiger partial charge in [-0.15, -0.1) is 0 Å². The maximum absolute atomic E-state index is 5.88. The molecule has 1 N–H and O–H groups in total. The third-order valence-electron chi connectivity index (χ3n) is 3.09. The van der Waals surface area contributed by atoms with Gasteiger partial charge in [0, 0.05) is 24.7 Å². The van der Waals surface area contributed by atoms with Gasteiger partial charge in [-0.1, -0.05) is 44.5 Å². The zero-order valence-electron chi connectivity index (χ0n) is 12.7. The molecule has 19 heavy (non-hydrogen) atoms. The highest BCUT2D eigenvalue weighted by molar-refractivity contribution is 6.30. The molecule has 0 radical (unpaired) electrons. The monoisotopic (exact) mass is 282 g/mol. The van der Waals surface area contributed by atoms with Gasteiger partial charge >= 0.3 is 0 Å². The average molecular weight is 283 g/mol. The van der Waals surface area contributed by atoms with Crippen LogP contribution < -0.4 is 5.32 Å². The molecule has 1 aromatic carbocycles. The van der Waals surface area contributed by atoms with E-state index >= 15 is 0 Å². The highest BCUT2D eigenvalue weighted by atomic mass is 35.5. The Morgan fingerprint density at radius 1 is 1.11 bits per heavy atom. The summed E-state index contributed by atoms with van der Waals surface area (Å²) in [5, 5.41) is 4.31. The van der Waals surface area contributed by atoms with Gasteiger partial charge in [-0.25, -0.2) is 0 Å². The predicted octanol–water partition coefficient (Wildman–Crippen LogP) is 3.80. The third kappa shape index (κ3) is 8.25. The van der Waals surface area contributed by atoms with E-state index in [0.717, 1.165) is 31.2 Å². The van der Waals surface area contributed by atoms with E-state index in [2.05, 4.69) is 50.2 Å². The Morgan fingerprint density at radius 3 is 2.32 bits per heavy atom. The SMILES string of the molecule is CN(CCNCCC(C)(C)C)Cc1ccc(Cl)cc1. The van der Waals surface area contributed by atoms with Crippen LogP contribution in [-0.4, -0.2) is 31.6 Å². The molecule has 0 aliphatic rings. The summed E-state index contributed by atoms with van der Waals surface area (Å²) in [4.78, 5) is 2.33. The molecule has 0 heterocycles. The normalized spacial score (nSPS) is 12.1. The second-order valence-corrected chi connectivity index (χ2v) is 6.86. The molecule has 3 heteroatoms. The van der Waals surface area contributed by atoms with Gasteiger partial charge in [0.05, 0.1) is 0 Å². The first-order chi connectivity index (χ1) is 8.87. The predicted molar refractivity (Wildman–Crippen MR) is 84.7 cm³/mol. The number of nitrogens with zero attached hydrogens (tertiary/aromatic N) is 1. The second kappa shape index (κ2) is 7.88. The lowest BCUT2D eigenvalue weighted by molar-refractivity contribution is 0.314. The van der Waals surface area contributed by atoms with Crippen LogP contribution in [0.3, 0.4) is 0 Å². The summed E-state index contributed by atoms with van der Waals surface area (Å²) in [7, 11) is 2.15. The largest absolute Gasteiger partial charge is 0.315 e. The van der Waals surface area contributed by atoms with Crippen LogP contribution in [-0.2, 0) is 6.54 Å². The Morgan fingerprint density at radius 2 is 1.74 bits per heavy atom. The van der Waals surface area contributed by atoms with E-state index in [0.29, 0.717) is 5.41 Å². The molecule has 0 unspecified atom stereocenters. The molecule has 0 bridgehead atoms. The molecular weight excluding hydrogens is 256 g/mol. The lowest BCUT2D eigenvalue weighted by Gasteiger charge is -2.20. The van der Waals surface area contributed by atoms with E-state index in [-0.39, 0.29) is 0 Å². The van der Waals surface area contributed by atoms with Crippen molar-refractivity contribution in [3.8, 4) is 0 Å². The minimum atomic E-state index is 0.419. The van der Waals surface area contributed by atoms with E-state index in [9.17, 15) is 0 Å². The molecule has 1 aromatic rings. The molecule has 2 nitrogen and oxygen atoms in total. The lowest BCUT2D eigenvalue weighted by atomic mass is 9.92. The quantitative estimate of drug-likeness (QED) is 0.766. The van der Waals surface area contributed by atoms with Crippen LogP contribution in [0.4, 0.5) is 0 Å². The van der Waals surface area contributed by atoms with Crippen LogP contribution >= 0.6 is 11.6 Å². The molecule has 0 aliphatic carbocycles. The van der Waals surface area contributed by atoms with Gasteiger partial charge in [-0.3, -0.25) is 0 Å². The molecule has 0 saturated heterocycles. The molecule has 108 valence electrons. The molecule has 1 rings (SSSR count). The van der Waals surface area contributed by atoms with Gasteiger partial charge < -0.3 is 10.2 Å². The van der Waals surface area contributed by atoms with Crippen LogP contribution in [0.1, 0.15) is 32.8 Å². The Hall–Kier alpha value is -0.570. The molecule has 0 aromatic heterocycles. The van der Waals surface area contributed by atoms with Gasteiger partial charge in [0.25, 0.3) is 0 Å². The molecule has 0 fully saturated rings. The van der Waals surface area contributed by atoms with Crippen molar-refractivity contribution in [2.75, 3.05) is 26.7 Å². The van der Waals surface area contributed by atoms with Crippen molar-refractivity contribution < 1.29 is 0 Å². The highest BCUT2D eigenvalue weighted by Gasteiger charge is 2.08. The van der Waals surface area contributed by atoms with Crippen LogP contribution in [0.2, 0.25) is 5.02 Å². The van der Waals surface area contributed by atoms with Gasteiger partial charge in [0.2, 0.25) is 0 Å². The molecule has 0 atom stereocenters. The van der Waals surface area contributed by atoms with Crippen molar-refractivity contribution in [3.63, 3.8) is 0 Å². The first kappa shape index (κ1) is 16.5. The minimum absolute atomic E-state index is 0.419. The number of hydrogen-bond acceptors (Lipinski definition) is 2. The molecule has 0 amide bonds. The summed E-state index contributed by atoms with van der Waals surface area (Å²) < 4.78 is 0. The molecule has 0 aliphatic heterocycles. The zero-order valence-corrected chi connectivity index (χ0v) is 13.4. The summed E-state index contributed by atoms with van der Waals surface area (Å²) in [6, 6.07) is 8.08. The smallest absolute Gasteiger partial charge is 0.0406 e. The van der Waals surface area contributed by atoms with E-state index in [1.165, 1.54) is 12.0 Å². The van der Waals surface area contributed by atoms with E-state index in [1.807, 2.05) is 12.1 Å². The van der Waals surface area contributed by atoms with Crippen molar-refractivity contribution in [1.82, 2.24) is 10.2 Å². The maximum atomic E-state index is 5.88. The van der Waals surface area contributed by atoms with Crippen LogP contribution in [0, 0.1) is 5.41 Å². The van der Waals surface area contributed by atoms with E-state index < -0.39 is 0 Å². The average Bonchev–Trinajstić information content (AvgIpc) is 2.30. The summed E-state index contributed by atoms with van der Waals surface area (Å²) >= 11 is 5.88. The number of hydrogen-bond donors (Lipinski definition) is 1. The summed E-state index contributed by atoms with van der Waals surface area (Å²) in [5.74, 6) is 0. The molecule has 0 spiro atoms. The second-order valence-electron chi connectivity index (χ2n) is 6.42. The summed E-state index contributed by atoms with van der Waals surface area (Å²) in [6.07, 6.45) is 1.22. The van der Waals surface area contributed by atoms with Crippen molar-refractivity contribution in [2.45, 2.75) is 33.7 Å². The van der Waals surface area contributed by atoms with Gasteiger partial charge in [-0.05, 0) is 43.1 Å². The van der Waals surface area contributed by atoms with Gasteiger partial charge in [-0.2, -0.15) is 0 Å². The Kier molecular flexibility index (Phi) is 6.84. The third-order valence-corrected chi connectivity index (χ3v) is 3.34. The number of halogens is 1. The van der Waals surface area contributed by atoms with Crippen molar-refractivity contribution in [3.05, 3.63) is 34.9 Å². The molecule has 0 saturated carbocycles. The zero-order chi connectivity index (χ0) is 14.3. The Balaban J connectivity index is 2.14. The fraction of sp³-hybridized carbons (Fsp3) is 0.625. The van der Waals surface area contributed by atoms with E-state index in [1.54, 1.807) is 0 Å². The Labute approximate surface area is 123 Å². The van der Waals surface area contributed by atoms with Crippen molar-refractivity contribution in [2.24, 2.45) is 5.41 Å². The maximum Gasteiger partial charge on any atom is 0.0406 e. The topological polar surface area (TPSA) is 15.3 Å². The van der Waals surface area contributed by atoms with Gasteiger partial charge in [0.15, 0.2) is 0 Å². The fourth-order valence-electron chi connectivity index (χ4n) is 1.84. The first-order valence-electron chi connectivity index (χ1n) is 7.00. The summed E-state index contributed by atoms with van der Waals surface area (Å²) in [5.41, 5.74) is 1.73. The van der Waals surface area contributed by atoms with E-state index in [4.69, 9.17) is 11.6 Å². The van der Waals surface area contributed by atoms with Gasteiger partial charge in [0.1, 0.15) is 0 Å². The summed E-state index contributed by atoms with van der Waals surface area (Å²) in [6.45, 7) is 11.0. The first-order valence-corrected chi connectivity index (χ1v) is 7.38. The lowest BCUT2D eigenvalue weighted by Crippen LogP contribution is -2.30. The minimum Gasteiger partial charge on any atom is -0.315 e. The van der Waals surface area contributed by atoms with Crippen LogP contribution in [0.15, 0.2) is 24.3 Å². The number of rotatable bonds is 7. The fourth-order valence-corrected chi connectivity index (χ4v) is 1.96. The number of benzene rings is 1. The van der Waals surface area contributed by atoms with Crippen molar-refractivity contribution >= 4 is 11.6 Å². The van der Waals surface area contributed by atoms with Crippen molar-refractivity contribution in [1.29, 1.82) is 0 Å². The Bertz CT molecular complexity index is 354. The number of likely N-dealkylation sites (N-methyl/N-ethyl adjacent to an activating group) is 1. The van der Waals surface area contributed by atoms with Crippen LogP contribution in [0.25, 0.3) is 0 Å². The standard InChI is InChI=1S/C16H27ClN2/c1-16(2,3)9-10-18-11-12-19(4)13-14-5-7-15(17)8-6-14/h5-8,18H,9-13H2,1-4H3. The number of nitrogens with one attached hydrogen (secondary N) is 1. The highest BCUT2D eigenvalue weighted by Crippen LogP contribution is 2.16. The molecular formula is C16H27ClN2. The van der Waals surface area contributed by atoms with Crippen LogP contribution in [0.5, 0.6) is 0 Å².